The van der Waals surface area contributed by atoms with Crippen molar-refractivity contribution in [2.75, 3.05) is 18.7 Å². The third-order valence-corrected chi connectivity index (χ3v) is 3.52. The zero-order valence-electron chi connectivity index (χ0n) is 12.1. The Hall–Kier alpha value is -2.93. The van der Waals surface area contributed by atoms with Crippen molar-refractivity contribution in [3.05, 3.63) is 54.0 Å². The highest BCUT2D eigenvalue weighted by atomic mass is 16.5. The molecule has 1 atom stereocenters. The van der Waals surface area contributed by atoms with E-state index in [2.05, 4.69) is 5.32 Å². The lowest BCUT2D eigenvalue weighted by Gasteiger charge is -2.21. The van der Waals surface area contributed by atoms with Gasteiger partial charge in [-0.2, -0.15) is 0 Å². The fourth-order valence-electron chi connectivity index (χ4n) is 2.33. The van der Waals surface area contributed by atoms with Crippen LogP contribution in [0.3, 0.4) is 0 Å². The molecule has 1 aliphatic rings. The first-order valence-corrected chi connectivity index (χ1v) is 6.98. The molecule has 1 fully saturated rings. The van der Waals surface area contributed by atoms with E-state index in [1.807, 2.05) is 0 Å². The van der Waals surface area contributed by atoms with Crippen molar-refractivity contribution < 1.29 is 23.5 Å². The maximum atomic E-state index is 12.4. The summed E-state index contributed by atoms with van der Waals surface area (Å²) in [7, 11) is 0. The van der Waals surface area contributed by atoms with E-state index in [9.17, 15) is 14.4 Å². The van der Waals surface area contributed by atoms with Crippen LogP contribution in [0.25, 0.3) is 0 Å². The molecule has 7 heteroatoms. The lowest BCUT2D eigenvalue weighted by Crippen LogP contribution is -2.44. The maximum absolute atomic E-state index is 12.4. The minimum atomic E-state index is -0.785. The van der Waals surface area contributed by atoms with Gasteiger partial charge >= 0.3 is 0 Å². The molecule has 0 saturated carbocycles. The Labute approximate surface area is 131 Å². The molecule has 0 spiro atoms. The van der Waals surface area contributed by atoms with Gasteiger partial charge < -0.3 is 14.5 Å². The Bertz CT molecular complexity index is 726. The van der Waals surface area contributed by atoms with Crippen molar-refractivity contribution in [1.82, 2.24) is 4.90 Å². The first-order valence-electron chi connectivity index (χ1n) is 6.98. The van der Waals surface area contributed by atoms with Crippen LogP contribution in [0.5, 0.6) is 0 Å². The molecule has 1 N–H and O–H groups in total. The lowest BCUT2D eigenvalue weighted by molar-refractivity contribution is -0.119. The second kappa shape index (κ2) is 6.45. The largest absolute Gasteiger partial charge is 0.459 e. The number of aldehydes is 1. The number of ether oxygens (including phenoxy) is 1. The number of nitrogens with zero attached hydrogens (tertiary/aromatic N) is 1. The van der Waals surface area contributed by atoms with Gasteiger partial charge in [-0.05, 0) is 24.3 Å². The van der Waals surface area contributed by atoms with Gasteiger partial charge in [-0.15, -0.1) is 0 Å². The van der Waals surface area contributed by atoms with Gasteiger partial charge in [-0.1, -0.05) is 12.1 Å². The Balaban J connectivity index is 1.76. The molecule has 1 aromatic carbocycles. The van der Waals surface area contributed by atoms with Crippen molar-refractivity contribution in [3.8, 4) is 0 Å². The summed E-state index contributed by atoms with van der Waals surface area (Å²) in [4.78, 5) is 37.0. The topological polar surface area (TPSA) is 88.9 Å². The number of benzene rings is 1. The van der Waals surface area contributed by atoms with Crippen LogP contribution in [0.4, 0.5) is 5.69 Å². The number of nitrogens with one attached hydrogen (secondary N) is 1. The molecule has 0 aliphatic carbocycles. The van der Waals surface area contributed by atoms with E-state index in [0.717, 1.165) is 0 Å². The smallest absolute Gasteiger partial charge is 0.292 e. The summed E-state index contributed by atoms with van der Waals surface area (Å²) >= 11 is 0. The second-order valence-corrected chi connectivity index (χ2v) is 4.96. The van der Waals surface area contributed by atoms with Crippen molar-refractivity contribution in [2.45, 2.75) is 6.04 Å². The third-order valence-electron chi connectivity index (χ3n) is 3.52. The predicted octanol–water partition coefficient (Wildman–Crippen LogP) is 1.53. The summed E-state index contributed by atoms with van der Waals surface area (Å²) < 4.78 is 10.3. The minimum absolute atomic E-state index is 0.00689. The van der Waals surface area contributed by atoms with E-state index >= 15 is 0 Å². The molecular formula is C16H14N2O5. The number of rotatable bonds is 4. The average molecular weight is 314 g/mol. The molecule has 2 amide bonds. The molecule has 2 heterocycles. The molecule has 3 rings (SSSR count). The van der Waals surface area contributed by atoms with Crippen molar-refractivity contribution in [2.24, 2.45) is 0 Å². The van der Waals surface area contributed by atoms with E-state index in [1.165, 1.54) is 17.2 Å². The van der Waals surface area contributed by atoms with Crippen molar-refractivity contribution in [3.63, 3.8) is 0 Å². The Morgan fingerprint density at radius 1 is 1.22 bits per heavy atom. The summed E-state index contributed by atoms with van der Waals surface area (Å²) in [6.07, 6.45) is 2.05. The summed E-state index contributed by atoms with van der Waals surface area (Å²) in [5.74, 6) is -0.699. The quantitative estimate of drug-likeness (QED) is 0.865. The van der Waals surface area contributed by atoms with E-state index in [-0.39, 0.29) is 19.1 Å². The summed E-state index contributed by atoms with van der Waals surface area (Å²) in [5, 5.41) is 2.66. The average Bonchev–Trinajstić information content (AvgIpc) is 3.26. The maximum Gasteiger partial charge on any atom is 0.292 e. The van der Waals surface area contributed by atoms with Gasteiger partial charge in [0.25, 0.3) is 5.91 Å². The van der Waals surface area contributed by atoms with Crippen LogP contribution >= 0.6 is 0 Å². The van der Waals surface area contributed by atoms with Gasteiger partial charge in [0, 0.05) is 5.56 Å². The number of furan rings is 1. The van der Waals surface area contributed by atoms with E-state index in [0.29, 0.717) is 17.5 Å². The lowest BCUT2D eigenvalue weighted by atomic mass is 10.1. The summed E-state index contributed by atoms with van der Waals surface area (Å²) in [6, 6.07) is 8.96. The van der Waals surface area contributed by atoms with Gasteiger partial charge in [-0.25, -0.2) is 0 Å². The highest BCUT2D eigenvalue weighted by Crippen LogP contribution is 2.18. The number of hydrogen-bond acceptors (Lipinski definition) is 5. The van der Waals surface area contributed by atoms with Crippen molar-refractivity contribution >= 4 is 23.8 Å². The molecule has 118 valence electrons. The van der Waals surface area contributed by atoms with Crippen LogP contribution in [0.15, 0.2) is 47.1 Å². The van der Waals surface area contributed by atoms with Gasteiger partial charge in [-0.3, -0.25) is 19.3 Å². The first kappa shape index (κ1) is 15.0. The minimum Gasteiger partial charge on any atom is -0.459 e. The zero-order chi connectivity index (χ0) is 16.2. The molecule has 7 nitrogen and oxygen atoms in total. The second-order valence-electron chi connectivity index (χ2n) is 4.96. The predicted molar refractivity (Wildman–Crippen MR) is 79.9 cm³/mol. The highest BCUT2D eigenvalue weighted by Gasteiger charge is 2.36. The number of amides is 2. The SMILES string of the molecule is O=Cc1ccccc1NC(=O)[C@@H]1COCN1C(=O)c1ccco1. The molecule has 1 aliphatic heterocycles. The number of para-hydroxylation sites is 1. The zero-order valence-corrected chi connectivity index (χ0v) is 12.1. The van der Waals surface area contributed by atoms with E-state index in [4.69, 9.17) is 9.15 Å². The normalized spacial score (nSPS) is 17.0. The van der Waals surface area contributed by atoms with Crippen LogP contribution < -0.4 is 5.32 Å². The van der Waals surface area contributed by atoms with E-state index < -0.39 is 17.9 Å². The number of hydrogen-bond donors (Lipinski definition) is 1. The first-order chi connectivity index (χ1) is 11.2. The number of anilines is 1. The van der Waals surface area contributed by atoms with Crippen LogP contribution in [0.2, 0.25) is 0 Å². The van der Waals surface area contributed by atoms with Crippen LogP contribution in [0.1, 0.15) is 20.9 Å². The van der Waals surface area contributed by atoms with Crippen LogP contribution in [-0.2, 0) is 9.53 Å². The molecule has 0 bridgehead atoms. The number of carbonyl (C=O) groups is 3. The highest BCUT2D eigenvalue weighted by molar-refractivity contribution is 6.02. The van der Waals surface area contributed by atoms with Crippen LogP contribution in [0, 0.1) is 0 Å². The molecular weight excluding hydrogens is 300 g/mol. The van der Waals surface area contributed by atoms with Gasteiger partial charge in [0.05, 0.1) is 18.6 Å². The van der Waals surface area contributed by atoms with Crippen LogP contribution in [-0.4, -0.2) is 42.4 Å². The van der Waals surface area contributed by atoms with E-state index in [1.54, 1.807) is 30.3 Å². The molecule has 0 unspecified atom stereocenters. The number of carbonyl (C=O) groups excluding carboxylic acids is 3. The molecule has 1 saturated heterocycles. The Morgan fingerprint density at radius 2 is 2.04 bits per heavy atom. The van der Waals surface area contributed by atoms with Crippen molar-refractivity contribution in [1.29, 1.82) is 0 Å². The Morgan fingerprint density at radius 3 is 2.78 bits per heavy atom. The van der Waals surface area contributed by atoms with Gasteiger partial charge in [0.1, 0.15) is 12.8 Å². The van der Waals surface area contributed by atoms with Gasteiger partial charge in [0.2, 0.25) is 5.91 Å². The third kappa shape index (κ3) is 3.00. The molecule has 23 heavy (non-hydrogen) atoms. The molecule has 0 radical (unpaired) electrons. The fraction of sp³-hybridized carbons (Fsp3) is 0.188. The standard InChI is InChI=1S/C16H14N2O5/c19-8-11-4-1-2-5-12(11)17-15(20)13-9-22-10-18(13)16(21)14-6-3-7-23-14/h1-8,13H,9-10H2,(H,17,20)/t13-/m0/s1. The van der Waals surface area contributed by atoms with Gasteiger partial charge in [0.15, 0.2) is 12.0 Å². The molecule has 1 aromatic heterocycles. The fourth-order valence-corrected chi connectivity index (χ4v) is 2.33. The monoisotopic (exact) mass is 314 g/mol. The Kier molecular flexibility index (Phi) is 4.20. The summed E-state index contributed by atoms with van der Waals surface area (Å²) in [6.45, 7) is 0.0918. The summed E-state index contributed by atoms with van der Waals surface area (Å²) in [5.41, 5.74) is 0.758. The molecule has 2 aromatic rings.